The number of carbonyl (C=O) groups is 1. The molecule has 0 aliphatic heterocycles. The molecule has 0 radical (unpaired) electrons. The third kappa shape index (κ3) is 5.96. The first-order valence-corrected chi connectivity index (χ1v) is 11.9. The Labute approximate surface area is 186 Å². The number of ether oxygens (including phenoxy) is 2. The fraction of sp³-hybridized carbons (Fsp3) is 0.381. The molecule has 2 aromatic carbocycles. The highest BCUT2D eigenvalue weighted by atomic mass is 79.9. The molecule has 0 saturated carbocycles. The number of hydrogen-bond donors (Lipinski definition) is 1. The van der Waals surface area contributed by atoms with Crippen LogP contribution in [-0.4, -0.2) is 45.9 Å². The van der Waals surface area contributed by atoms with Gasteiger partial charge < -0.3 is 14.8 Å². The number of carbonyl (C=O) groups excluding carboxylic acids is 1. The van der Waals surface area contributed by atoms with Crippen LogP contribution in [0.4, 0.5) is 5.69 Å². The number of halogens is 1. The lowest BCUT2D eigenvalue weighted by Gasteiger charge is -2.15. The van der Waals surface area contributed by atoms with Gasteiger partial charge in [-0.15, -0.1) is 0 Å². The van der Waals surface area contributed by atoms with Crippen LogP contribution in [0.15, 0.2) is 45.8 Å². The van der Waals surface area contributed by atoms with Gasteiger partial charge in [-0.1, -0.05) is 13.8 Å². The summed E-state index contributed by atoms with van der Waals surface area (Å²) in [6.07, 6.45) is 1.71. The summed E-state index contributed by atoms with van der Waals surface area (Å²) in [5.74, 6) is 0.738. The van der Waals surface area contributed by atoms with Crippen molar-refractivity contribution in [3.63, 3.8) is 0 Å². The first-order chi connectivity index (χ1) is 14.2. The minimum absolute atomic E-state index is 0.0235. The highest BCUT2D eigenvalue weighted by Gasteiger charge is 2.22. The smallest absolute Gasteiger partial charge is 0.255 e. The van der Waals surface area contributed by atoms with Gasteiger partial charge in [0.25, 0.3) is 5.91 Å². The standard InChI is InChI=1S/C21H27BrN2O5S/c1-5-11-28-18-10-8-16(14-19(18)29-12-6-2)23-21(25)15-7-9-17(22)20(13-15)30(26,27)24(3)4/h7-10,13-14H,5-6,11-12H2,1-4H3,(H,23,25). The Morgan fingerprint density at radius 1 is 1.00 bits per heavy atom. The number of hydrogen-bond acceptors (Lipinski definition) is 5. The lowest BCUT2D eigenvalue weighted by Crippen LogP contribution is -2.23. The fourth-order valence-corrected chi connectivity index (χ4v) is 4.33. The second kappa shape index (κ2) is 10.8. The summed E-state index contributed by atoms with van der Waals surface area (Å²) in [6, 6.07) is 9.62. The molecule has 0 aliphatic rings. The highest BCUT2D eigenvalue weighted by Crippen LogP contribution is 2.31. The zero-order valence-corrected chi connectivity index (χ0v) is 20.0. The molecule has 30 heavy (non-hydrogen) atoms. The topological polar surface area (TPSA) is 84.9 Å². The molecule has 0 fully saturated rings. The Morgan fingerprint density at radius 3 is 2.23 bits per heavy atom. The molecule has 0 heterocycles. The summed E-state index contributed by atoms with van der Waals surface area (Å²) < 4.78 is 37.9. The van der Waals surface area contributed by atoms with Crippen LogP contribution in [0.1, 0.15) is 37.0 Å². The fourth-order valence-electron chi connectivity index (χ4n) is 2.48. The molecule has 1 N–H and O–H groups in total. The number of sulfonamides is 1. The SMILES string of the molecule is CCCOc1ccc(NC(=O)c2ccc(Br)c(S(=O)(=O)N(C)C)c2)cc1OCCC. The number of rotatable bonds is 10. The highest BCUT2D eigenvalue weighted by molar-refractivity contribution is 9.10. The predicted octanol–water partition coefficient (Wildman–Crippen LogP) is 4.53. The van der Waals surface area contributed by atoms with Crippen LogP contribution < -0.4 is 14.8 Å². The van der Waals surface area contributed by atoms with Gasteiger partial charge in [-0.25, -0.2) is 12.7 Å². The van der Waals surface area contributed by atoms with Crippen LogP contribution in [0.25, 0.3) is 0 Å². The second-order valence-corrected chi connectivity index (χ2v) is 9.72. The molecule has 2 aromatic rings. The van der Waals surface area contributed by atoms with Gasteiger partial charge in [0.15, 0.2) is 11.5 Å². The quantitative estimate of drug-likeness (QED) is 0.519. The van der Waals surface area contributed by atoms with E-state index in [-0.39, 0.29) is 10.5 Å². The molecule has 1 amide bonds. The minimum Gasteiger partial charge on any atom is -0.490 e. The first kappa shape index (κ1) is 24.2. The Balaban J connectivity index is 2.29. The average Bonchev–Trinajstić information content (AvgIpc) is 2.71. The van der Waals surface area contributed by atoms with Crippen molar-refractivity contribution in [2.75, 3.05) is 32.6 Å². The van der Waals surface area contributed by atoms with E-state index in [9.17, 15) is 13.2 Å². The normalized spacial score (nSPS) is 11.4. The van der Waals surface area contributed by atoms with Gasteiger partial charge in [0.1, 0.15) is 0 Å². The van der Waals surface area contributed by atoms with E-state index in [4.69, 9.17) is 9.47 Å². The summed E-state index contributed by atoms with van der Waals surface area (Å²) in [5.41, 5.74) is 0.746. The molecule has 0 saturated heterocycles. The summed E-state index contributed by atoms with van der Waals surface area (Å²) in [7, 11) is -0.820. The average molecular weight is 499 g/mol. The largest absolute Gasteiger partial charge is 0.490 e. The zero-order valence-electron chi connectivity index (χ0n) is 17.6. The molecular weight excluding hydrogens is 472 g/mol. The number of benzene rings is 2. The van der Waals surface area contributed by atoms with Crippen molar-refractivity contribution in [2.24, 2.45) is 0 Å². The van der Waals surface area contributed by atoms with Crippen LogP contribution in [0.2, 0.25) is 0 Å². The Hall–Kier alpha value is -2.10. The van der Waals surface area contributed by atoms with Crippen molar-refractivity contribution in [2.45, 2.75) is 31.6 Å². The van der Waals surface area contributed by atoms with Crippen molar-refractivity contribution in [3.05, 3.63) is 46.4 Å². The van der Waals surface area contributed by atoms with Crippen LogP contribution in [0.5, 0.6) is 11.5 Å². The van der Waals surface area contributed by atoms with Gasteiger partial charge in [-0.3, -0.25) is 4.79 Å². The third-order valence-electron chi connectivity index (χ3n) is 4.08. The third-order valence-corrected chi connectivity index (χ3v) is 6.89. The van der Waals surface area contributed by atoms with E-state index in [1.54, 1.807) is 30.3 Å². The Bertz CT molecular complexity index is 993. The first-order valence-electron chi connectivity index (χ1n) is 9.63. The molecule has 0 bridgehead atoms. The molecule has 0 aliphatic carbocycles. The van der Waals surface area contributed by atoms with Gasteiger partial charge in [-0.05, 0) is 59.1 Å². The molecule has 9 heteroatoms. The van der Waals surface area contributed by atoms with Gasteiger partial charge in [0, 0.05) is 35.9 Å². The van der Waals surface area contributed by atoms with Crippen LogP contribution in [-0.2, 0) is 10.0 Å². The van der Waals surface area contributed by atoms with Crippen LogP contribution >= 0.6 is 15.9 Å². The van der Waals surface area contributed by atoms with E-state index >= 15 is 0 Å². The van der Waals surface area contributed by atoms with Crippen molar-refractivity contribution >= 4 is 37.5 Å². The van der Waals surface area contributed by atoms with Crippen molar-refractivity contribution in [3.8, 4) is 11.5 Å². The lowest BCUT2D eigenvalue weighted by molar-refractivity contribution is 0.102. The van der Waals surface area contributed by atoms with E-state index in [0.29, 0.717) is 34.9 Å². The van der Waals surface area contributed by atoms with E-state index in [1.807, 2.05) is 13.8 Å². The van der Waals surface area contributed by atoms with E-state index < -0.39 is 15.9 Å². The van der Waals surface area contributed by atoms with Gasteiger partial charge >= 0.3 is 0 Å². The molecular formula is C21H27BrN2O5S. The summed E-state index contributed by atoms with van der Waals surface area (Å²) in [4.78, 5) is 12.8. The van der Waals surface area contributed by atoms with E-state index in [2.05, 4.69) is 21.2 Å². The van der Waals surface area contributed by atoms with Gasteiger partial charge in [-0.2, -0.15) is 0 Å². The molecule has 164 valence electrons. The molecule has 2 rings (SSSR count). The van der Waals surface area contributed by atoms with E-state index in [1.165, 1.54) is 20.2 Å². The number of amides is 1. The monoisotopic (exact) mass is 498 g/mol. The second-order valence-electron chi connectivity index (χ2n) is 6.75. The number of nitrogens with zero attached hydrogens (tertiary/aromatic N) is 1. The summed E-state index contributed by atoms with van der Waals surface area (Å²) in [6.45, 7) is 5.11. The number of nitrogens with one attached hydrogen (secondary N) is 1. The van der Waals surface area contributed by atoms with Gasteiger partial charge in [0.05, 0.1) is 18.1 Å². The van der Waals surface area contributed by atoms with Crippen molar-refractivity contribution < 1.29 is 22.7 Å². The van der Waals surface area contributed by atoms with Gasteiger partial charge in [0.2, 0.25) is 10.0 Å². The maximum atomic E-state index is 12.7. The summed E-state index contributed by atoms with van der Waals surface area (Å²) in [5, 5.41) is 2.79. The lowest BCUT2D eigenvalue weighted by atomic mass is 10.2. The molecule has 0 atom stereocenters. The predicted molar refractivity (Wildman–Crippen MR) is 121 cm³/mol. The maximum Gasteiger partial charge on any atom is 0.255 e. The van der Waals surface area contributed by atoms with Crippen LogP contribution in [0, 0.1) is 0 Å². The van der Waals surface area contributed by atoms with Crippen LogP contribution in [0.3, 0.4) is 0 Å². The zero-order chi connectivity index (χ0) is 22.3. The maximum absolute atomic E-state index is 12.7. The summed E-state index contributed by atoms with van der Waals surface area (Å²) >= 11 is 3.24. The van der Waals surface area contributed by atoms with Crippen molar-refractivity contribution in [1.29, 1.82) is 0 Å². The molecule has 0 spiro atoms. The number of anilines is 1. The molecule has 7 nitrogen and oxygen atoms in total. The Kier molecular flexibility index (Phi) is 8.69. The molecule has 0 unspecified atom stereocenters. The Morgan fingerprint density at radius 2 is 1.63 bits per heavy atom. The van der Waals surface area contributed by atoms with Crippen molar-refractivity contribution in [1.82, 2.24) is 4.31 Å². The van der Waals surface area contributed by atoms with E-state index in [0.717, 1.165) is 17.1 Å². The minimum atomic E-state index is -3.70. The molecule has 0 aromatic heterocycles.